The van der Waals surface area contributed by atoms with E-state index in [1.54, 1.807) is 22.3 Å². The molecule has 0 saturated heterocycles. The van der Waals surface area contributed by atoms with Crippen molar-refractivity contribution in [3.8, 4) is 22.3 Å². The van der Waals surface area contributed by atoms with Gasteiger partial charge in [0, 0.05) is 44.8 Å². The van der Waals surface area contributed by atoms with Crippen molar-refractivity contribution >= 4 is 57.2 Å². The van der Waals surface area contributed by atoms with Crippen LogP contribution in [0.2, 0.25) is 0 Å². The number of para-hydroxylation sites is 2. The topological polar surface area (TPSA) is 6.48 Å². The molecule has 2 aliphatic heterocycles. The van der Waals surface area contributed by atoms with Gasteiger partial charge >= 0.3 is 0 Å². The van der Waals surface area contributed by atoms with Gasteiger partial charge in [0.2, 0.25) is 0 Å². The minimum absolute atomic E-state index is 0.00249. The Labute approximate surface area is 385 Å². The van der Waals surface area contributed by atoms with Gasteiger partial charge < -0.3 is 9.80 Å². The van der Waals surface area contributed by atoms with Crippen molar-refractivity contribution in [1.82, 2.24) is 0 Å². The summed E-state index contributed by atoms with van der Waals surface area (Å²) in [6.07, 6.45) is 7.71. The van der Waals surface area contributed by atoms with Gasteiger partial charge in [-0.2, -0.15) is 0 Å². The quantitative estimate of drug-likeness (QED) is 0.160. The maximum Gasteiger partial charge on any atom is 0.252 e. The van der Waals surface area contributed by atoms with Crippen LogP contribution < -0.4 is 26.2 Å². The van der Waals surface area contributed by atoms with E-state index >= 15 is 0 Å². The predicted octanol–water partition coefficient (Wildman–Crippen LogP) is 14.0. The zero-order valence-corrected chi connectivity index (χ0v) is 38.8. The van der Waals surface area contributed by atoms with E-state index in [0.717, 1.165) is 5.92 Å². The highest BCUT2D eigenvalue weighted by Gasteiger charge is 2.73. The fourth-order valence-corrected chi connectivity index (χ4v) is 17.7. The fourth-order valence-electron chi connectivity index (χ4n) is 17.7. The lowest BCUT2D eigenvalue weighted by Crippen LogP contribution is -2.61. The van der Waals surface area contributed by atoms with Crippen LogP contribution in [-0.2, 0) is 10.8 Å². The van der Waals surface area contributed by atoms with E-state index in [-0.39, 0.29) is 39.2 Å². The third-order valence-corrected chi connectivity index (χ3v) is 21.4. The molecule has 7 aromatic carbocycles. The molecule has 65 heavy (non-hydrogen) atoms. The highest BCUT2D eigenvalue weighted by atomic mass is 15.2. The van der Waals surface area contributed by atoms with E-state index in [4.69, 9.17) is 0 Å². The number of anilines is 6. The van der Waals surface area contributed by atoms with Gasteiger partial charge in [0.1, 0.15) is 0 Å². The summed E-state index contributed by atoms with van der Waals surface area (Å²) in [6.45, 7) is 15.7. The summed E-state index contributed by atoms with van der Waals surface area (Å²) in [6, 6.07) is 59.8. The Morgan fingerprint density at radius 1 is 0.431 bits per heavy atom. The monoisotopic (exact) mass is 840 g/mol. The molecule has 0 radical (unpaired) electrons. The summed E-state index contributed by atoms with van der Waals surface area (Å²) in [5, 5.41) is 0. The molecule has 7 aromatic rings. The Morgan fingerprint density at radius 2 is 0.969 bits per heavy atom. The predicted molar refractivity (Wildman–Crippen MR) is 271 cm³/mol. The summed E-state index contributed by atoms with van der Waals surface area (Å²) in [5.41, 5.74) is 24.8. The fraction of sp³-hybridized carbons (Fsp3) is 0.323. The zero-order chi connectivity index (χ0) is 43.6. The van der Waals surface area contributed by atoms with Crippen molar-refractivity contribution in [3.63, 3.8) is 0 Å². The molecule has 15 rings (SSSR count). The molecule has 1 unspecified atom stereocenters. The lowest BCUT2D eigenvalue weighted by atomic mass is 9.33. The van der Waals surface area contributed by atoms with Crippen LogP contribution in [0.3, 0.4) is 0 Å². The Kier molecular flexibility index (Phi) is 6.78. The third kappa shape index (κ3) is 3.90. The number of benzene rings is 7. The summed E-state index contributed by atoms with van der Waals surface area (Å²) >= 11 is 0. The minimum Gasteiger partial charge on any atom is -0.311 e. The van der Waals surface area contributed by atoms with Crippen molar-refractivity contribution in [2.45, 2.75) is 90.9 Å². The van der Waals surface area contributed by atoms with Gasteiger partial charge in [-0.1, -0.05) is 151 Å². The average molecular weight is 841 g/mol. The first-order chi connectivity index (χ1) is 31.5. The van der Waals surface area contributed by atoms with E-state index in [0.29, 0.717) is 5.92 Å². The molecular formula is C62H57BN2. The zero-order valence-electron chi connectivity index (χ0n) is 38.8. The van der Waals surface area contributed by atoms with Gasteiger partial charge in [-0.05, 0) is 170 Å². The molecule has 2 nitrogen and oxygen atoms in total. The van der Waals surface area contributed by atoms with Crippen molar-refractivity contribution in [2.24, 2.45) is 33.5 Å². The summed E-state index contributed by atoms with van der Waals surface area (Å²) in [7, 11) is 0. The summed E-state index contributed by atoms with van der Waals surface area (Å²) in [5.74, 6) is 1.44. The van der Waals surface area contributed by atoms with Gasteiger partial charge in [0.25, 0.3) is 6.71 Å². The van der Waals surface area contributed by atoms with Gasteiger partial charge in [-0.25, -0.2) is 0 Å². The molecule has 6 aliphatic carbocycles. The molecule has 4 saturated carbocycles. The lowest BCUT2D eigenvalue weighted by molar-refractivity contribution is 0.0990. The van der Waals surface area contributed by atoms with Crippen LogP contribution in [0.1, 0.15) is 102 Å². The first-order valence-electron chi connectivity index (χ1n) is 24.9. The van der Waals surface area contributed by atoms with Crippen LogP contribution in [0.4, 0.5) is 34.1 Å². The van der Waals surface area contributed by atoms with Crippen LogP contribution in [-0.4, -0.2) is 6.71 Å². The maximum atomic E-state index is 2.71. The molecule has 0 amide bonds. The largest absolute Gasteiger partial charge is 0.311 e. The molecular weight excluding hydrogens is 784 g/mol. The number of hydrogen-bond donors (Lipinski definition) is 0. The van der Waals surface area contributed by atoms with Crippen LogP contribution in [0.15, 0.2) is 152 Å². The minimum atomic E-state index is -0.0153. The average Bonchev–Trinajstić information content (AvgIpc) is 4.02. The number of hydrogen-bond acceptors (Lipinski definition) is 2. The first kappa shape index (κ1) is 37.4. The number of nitrogens with zero attached hydrogens (tertiary/aromatic N) is 2. The van der Waals surface area contributed by atoms with Crippen LogP contribution >= 0.6 is 0 Å². The molecule has 2 heterocycles. The molecule has 8 aliphatic rings. The molecule has 0 N–H and O–H groups in total. The molecule has 4 bridgehead atoms. The molecule has 3 heteroatoms. The van der Waals surface area contributed by atoms with Gasteiger partial charge in [0.05, 0.1) is 5.69 Å². The van der Waals surface area contributed by atoms with E-state index in [2.05, 4.69) is 203 Å². The van der Waals surface area contributed by atoms with Crippen LogP contribution in [0.25, 0.3) is 22.3 Å². The lowest BCUT2D eigenvalue weighted by Gasteiger charge is -2.49. The summed E-state index contributed by atoms with van der Waals surface area (Å²) < 4.78 is 0. The molecule has 6 atom stereocenters. The first-order valence-corrected chi connectivity index (χ1v) is 24.9. The third-order valence-electron chi connectivity index (χ3n) is 21.4. The maximum absolute atomic E-state index is 2.71. The SMILES string of the molecule is CC1(C)C2CC[C@]1(C)[C@@]1(C2)c2ccccc2-c2c(N3c4ccccc4B4c5cc6c(cc5N(c5ccccc5)c5cccc3c54)[C@@]3(C[C@@H]4CC[C@@]3(C)C4(C)C)c3ccccc3-6)cccc21. The standard InChI is InChI=1S/C62H57BN2/c1-57(2)38-30-32-59(57,5)61(36-38)45-23-13-11-21-42(45)55-46(61)24-16-27-51(55)65-50-26-15-14-25-48(50)63-49-34-43-41-20-10-12-22-44(41)62(37-39-31-33-60(62,6)58(39,3)4)47(43)35-54(49)64(40-18-8-7-9-19-40)52-28-17-29-53(65)56(52)63/h7-29,34-35,38-39H,30-33,36-37H2,1-6H3/t38?,39-,59-,60-,61-,62+/m0/s1. The Hall–Kier alpha value is -5.80. The van der Waals surface area contributed by atoms with Crippen molar-refractivity contribution in [1.29, 1.82) is 0 Å². The van der Waals surface area contributed by atoms with E-state index in [9.17, 15) is 0 Å². The summed E-state index contributed by atoms with van der Waals surface area (Å²) in [4.78, 5) is 5.33. The Bertz CT molecular complexity index is 3270. The van der Waals surface area contributed by atoms with E-state index < -0.39 is 0 Å². The van der Waals surface area contributed by atoms with E-state index in [1.807, 2.05) is 0 Å². The van der Waals surface area contributed by atoms with Crippen molar-refractivity contribution in [2.75, 3.05) is 9.80 Å². The highest BCUT2D eigenvalue weighted by Crippen LogP contribution is 2.80. The second kappa shape index (κ2) is 11.8. The second-order valence-corrected chi connectivity index (χ2v) is 23.3. The number of rotatable bonds is 2. The second-order valence-electron chi connectivity index (χ2n) is 23.3. The van der Waals surface area contributed by atoms with Crippen molar-refractivity contribution in [3.05, 3.63) is 174 Å². The van der Waals surface area contributed by atoms with Gasteiger partial charge in [-0.3, -0.25) is 0 Å². The van der Waals surface area contributed by atoms with E-state index in [1.165, 1.54) is 111 Å². The highest BCUT2D eigenvalue weighted by molar-refractivity contribution is 7.00. The Balaban J connectivity index is 1.00. The van der Waals surface area contributed by atoms with Gasteiger partial charge in [0.15, 0.2) is 0 Å². The smallest absolute Gasteiger partial charge is 0.252 e. The molecule has 2 spiro atoms. The molecule has 318 valence electrons. The van der Waals surface area contributed by atoms with Crippen LogP contribution in [0, 0.1) is 33.5 Å². The Morgan fingerprint density at radius 3 is 1.65 bits per heavy atom. The molecule has 0 aromatic heterocycles. The van der Waals surface area contributed by atoms with Crippen LogP contribution in [0.5, 0.6) is 0 Å². The molecule has 4 fully saturated rings. The van der Waals surface area contributed by atoms with Gasteiger partial charge in [-0.15, -0.1) is 0 Å². The normalized spacial score (nSPS) is 30.0. The number of fused-ring (bicyclic) bond motifs is 20. The van der Waals surface area contributed by atoms with Crippen molar-refractivity contribution < 1.29 is 0 Å².